The fourth-order valence-electron chi connectivity index (χ4n) is 1.16. The largest absolute Gasteiger partial charge is 0.295 e. The number of allylic oxidation sites excluding steroid dienone is 2. The van der Waals surface area contributed by atoms with Gasteiger partial charge in [-0.25, -0.2) is 0 Å². The van der Waals surface area contributed by atoms with Crippen LogP contribution in [0.15, 0.2) is 11.6 Å². The summed E-state index contributed by atoms with van der Waals surface area (Å²) in [5, 5.41) is 0. The smallest absolute Gasteiger partial charge is 0.155 e. The molecule has 1 nitrogen and oxygen atoms in total. The molecular weight excluding hydrogens is 148 g/mol. The SMILES string of the molecule is CCCCC(=O)/C=C(\C)CCC. The molecule has 0 saturated heterocycles. The van der Waals surface area contributed by atoms with Crippen LogP contribution in [-0.4, -0.2) is 5.78 Å². The van der Waals surface area contributed by atoms with Crippen molar-refractivity contribution in [1.82, 2.24) is 0 Å². The summed E-state index contributed by atoms with van der Waals surface area (Å²) in [4.78, 5) is 11.2. The van der Waals surface area contributed by atoms with E-state index in [-0.39, 0.29) is 0 Å². The number of hydrogen-bond donors (Lipinski definition) is 0. The predicted molar refractivity (Wildman–Crippen MR) is 53.2 cm³/mol. The van der Waals surface area contributed by atoms with Crippen molar-refractivity contribution in [3.8, 4) is 0 Å². The van der Waals surface area contributed by atoms with Gasteiger partial charge in [0.15, 0.2) is 5.78 Å². The zero-order valence-electron chi connectivity index (χ0n) is 8.52. The summed E-state index contributed by atoms with van der Waals surface area (Å²) in [5.74, 6) is 0.294. The third-order valence-corrected chi connectivity index (χ3v) is 1.83. The third-order valence-electron chi connectivity index (χ3n) is 1.83. The first kappa shape index (κ1) is 11.4. The van der Waals surface area contributed by atoms with E-state index in [1.54, 1.807) is 6.08 Å². The highest BCUT2D eigenvalue weighted by Gasteiger charge is 1.96. The molecule has 0 fully saturated rings. The summed E-state index contributed by atoms with van der Waals surface area (Å²) in [5.41, 5.74) is 1.22. The van der Waals surface area contributed by atoms with Crippen LogP contribution in [0.4, 0.5) is 0 Å². The van der Waals surface area contributed by atoms with Crippen LogP contribution in [0.5, 0.6) is 0 Å². The molecule has 0 aliphatic heterocycles. The van der Waals surface area contributed by atoms with Crippen LogP contribution < -0.4 is 0 Å². The molecule has 0 aromatic rings. The van der Waals surface area contributed by atoms with E-state index < -0.39 is 0 Å². The Morgan fingerprint density at radius 3 is 2.33 bits per heavy atom. The van der Waals surface area contributed by atoms with Gasteiger partial charge >= 0.3 is 0 Å². The topological polar surface area (TPSA) is 17.1 Å². The predicted octanol–water partition coefficient (Wildman–Crippen LogP) is 3.49. The summed E-state index contributed by atoms with van der Waals surface area (Å²) >= 11 is 0. The van der Waals surface area contributed by atoms with Gasteiger partial charge in [0.1, 0.15) is 0 Å². The molecule has 0 amide bonds. The van der Waals surface area contributed by atoms with Gasteiger partial charge < -0.3 is 0 Å². The lowest BCUT2D eigenvalue weighted by Gasteiger charge is -1.97. The molecule has 0 aromatic carbocycles. The van der Waals surface area contributed by atoms with Crippen molar-refractivity contribution >= 4 is 5.78 Å². The van der Waals surface area contributed by atoms with E-state index in [9.17, 15) is 4.79 Å². The molecule has 0 N–H and O–H groups in total. The minimum Gasteiger partial charge on any atom is -0.295 e. The second-order valence-electron chi connectivity index (χ2n) is 3.31. The molecule has 0 saturated carbocycles. The van der Waals surface area contributed by atoms with Crippen molar-refractivity contribution in [1.29, 1.82) is 0 Å². The Hall–Kier alpha value is -0.590. The highest BCUT2D eigenvalue weighted by Crippen LogP contribution is 2.05. The second-order valence-corrected chi connectivity index (χ2v) is 3.31. The summed E-state index contributed by atoms with van der Waals surface area (Å²) in [7, 11) is 0. The van der Waals surface area contributed by atoms with Crippen molar-refractivity contribution in [2.45, 2.75) is 52.9 Å². The van der Waals surface area contributed by atoms with Crippen LogP contribution >= 0.6 is 0 Å². The number of hydrogen-bond acceptors (Lipinski definition) is 1. The average molecular weight is 168 g/mol. The fourth-order valence-corrected chi connectivity index (χ4v) is 1.16. The number of ketones is 1. The average Bonchev–Trinajstić information content (AvgIpc) is 2.01. The summed E-state index contributed by atoms with van der Waals surface area (Å²) in [6.07, 6.45) is 6.83. The number of carbonyl (C=O) groups is 1. The maximum absolute atomic E-state index is 11.2. The first-order valence-electron chi connectivity index (χ1n) is 4.90. The maximum atomic E-state index is 11.2. The molecule has 0 aliphatic carbocycles. The van der Waals surface area contributed by atoms with Gasteiger partial charge in [-0.1, -0.05) is 32.3 Å². The molecule has 0 radical (unpaired) electrons. The van der Waals surface area contributed by atoms with Gasteiger partial charge in [0.2, 0.25) is 0 Å². The molecule has 1 heteroatoms. The highest BCUT2D eigenvalue weighted by atomic mass is 16.1. The van der Waals surface area contributed by atoms with Crippen molar-refractivity contribution in [3.63, 3.8) is 0 Å². The van der Waals surface area contributed by atoms with E-state index in [0.29, 0.717) is 5.78 Å². The van der Waals surface area contributed by atoms with Gasteiger partial charge in [0.25, 0.3) is 0 Å². The van der Waals surface area contributed by atoms with Gasteiger partial charge in [-0.3, -0.25) is 4.79 Å². The van der Waals surface area contributed by atoms with E-state index in [2.05, 4.69) is 13.8 Å². The standard InChI is InChI=1S/C11H20O/c1-4-6-8-11(12)9-10(3)7-5-2/h9H,4-8H2,1-3H3/b10-9+. The Morgan fingerprint density at radius 1 is 1.17 bits per heavy atom. The molecule has 12 heavy (non-hydrogen) atoms. The van der Waals surface area contributed by atoms with Crippen molar-refractivity contribution < 1.29 is 4.79 Å². The Labute approximate surface area is 75.9 Å². The van der Waals surface area contributed by atoms with E-state index >= 15 is 0 Å². The Balaban J connectivity index is 3.71. The van der Waals surface area contributed by atoms with Gasteiger partial charge in [0, 0.05) is 6.42 Å². The summed E-state index contributed by atoms with van der Waals surface area (Å²) < 4.78 is 0. The van der Waals surface area contributed by atoms with Crippen LogP contribution in [-0.2, 0) is 4.79 Å². The first-order valence-corrected chi connectivity index (χ1v) is 4.90. The van der Waals surface area contributed by atoms with Crippen molar-refractivity contribution in [2.75, 3.05) is 0 Å². The molecule has 0 aliphatic rings. The zero-order chi connectivity index (χ0) is 9.40. The van der Waals surface area contributed by atoms with Gasteiger partial charge in [-0.2, -0.15) is 0 Å². The van der Waals surface area contributed by atoms with Crippen LogP contribution in [0.1, 0.15) is 52.9 Å². The highest BCUT2D eigenvalue weighted by molar-refractivity contribution is 5.90. The van der Waals surface area contributed by atoms with Crippen molar-refractivity contribution in [3.05, 3.63) is 11.6 Å². The van der Waals surface area contributed by atoms with Gasteiger partial charge in [-0.15, -0.1) is 0 Å². The molecule has 0 rings (SSSR count). The zero-order valence-corrected chi connectivity index (χ0v) is 8.52. The summed E-state index contributed by atoms with van der Waals surface area (Å²) in [6, 6.07) is 0. The third kappa shape index (κ3) is 6.14. The van der Waals surface area contributed by atoms with Gasteiger partial charge in [-0.05, 0) is 25.8 Å². The Bertz CT molecular complexity index is 156. The lowest BCUT2D eigenvalue weighted by Crippen LogP contribution is -1.93. The maximum Gasteiger partial charge on any atom is 0.155 e. The van der Waals surface area contributed by atoms with Crippen LogP contribution in [0.3, 0.4) is 0 Å². The fraction of sp³-hybridized carbons (Fsp3) is 0.727. The lowest BCUT2D eigenvalue weighted by atomic mass is 10.1. The van der Waals surface area contributed by atoms with E-state index in [4.69, 9.17) is 0 Å². The minimum absolute atomic E-state index is 0.294. The van der Waals surface area contributed by atoms with E-state index in [1.165, 1.54) is 5.57 Å². The number of rotatable bonds is 6. The first-order chi connectivity index (χ1) is 5.70. The molecule has 0 spiro atoms. The summed E-state index contributed by atoms with van der Waals surface area (Å²) in [6.45, 7) is 6.27. The molecule has 70 valence electrons. The Kier molecular flexibility index (Phi) is 6.73. The number of unbranched alkanes of at least 4 members (excludes halogenated alkanes) is 1. The lowest BCUT2D eigenvalue weighted by molar-refractivity contribution is -0.114. The molecule has 0 bridgehead atoms. The van der Waals surface area contributed by atoms with E-state index in [1.807, 2.05) is 6.92 Å². The van der Waals surface area contributed by atoms with Gasteiger partial charge in [0.05, 0.1) is 0 Å². The quantitative estimate of drug-likeness (QED) is 0.555. The Morgan fingerprint density at radius 2 is 1.83 bits per heavy atom. The molecular formula is C11H20O. The molecule has 0 heterocycles. The van der Waals surface area contributed by atoms with Crippen LogP contribution in [0.2, 0.25) is 0 Å². The number of carbonyl (C=O) groups excluding carboxylic acids is 1. The van der Waals surface area contributed by atoms with Crippen LogP contribution in [0.25, 0.3) is 0 Å². The molecule has 0 unspecified atom stereocenters. The second kappa shape index (κ2) is 7.08. The minimum atomic E-state index is 0.294. The van der Waals surface area contributed by atoms with Crippen LogP contribution in [0, 0.1) is 0 Å². The normalized spacial score (nSPS) is 11.8. The van der Waals surface area contributed by atoms with E-state index in [0.717, 1.165) is 32.1 Å². The monoisotopic (exact) mass is 168 g/mol. The molecule has 0 atom stereocenters. The van der Waals surface area contributed by atoms with Crippen molar-refractivity contribution in [2.24, 2.45) is 0 Å². The molecule has 0 aromatic heterocycles.